The number of benzene rings is 3. The van der Waals surface area contributed by atoms with Crippen molar-refractivity contribution in [2.45, 2.75) is 11.4 Å². The number of nitrogens with one attached hydrogen (secondary N) is 4. The summed E-state index contributed by atoms with van der Waals surface area (Å²) in [6.45, 7) is 0.0293. The molecule has 5 aromatic rings. The highest BCUT2D eigenvalue weighted by atomic mass is 79.9. The number of imidazole rings is 1. The monoisotopic (exact) mass is 596 g/mol. The minimum atomic E-state index is -3.94. The molecule has 0 atom stereocenters. The van der Waals surface area contributed by atoms with Gasteiger partial charge in [-0.05, 0) is 54.6 Å². The summed E-state index contributed by atoms with van der Waals surface area (Å²) in [7, 11) is -3.94. The van der Waals surface area contributed by atoms with Crippen LogP contribution < -0.4 is 15.7 Å². The highest BCUT2D eigenvalue weighted by Crippen LogP contribution is 2.25. The van der Waals surface area contributed by atoms with Gasteiger partial charge in [-0.2, -0.15) is 5.10 Å². The summed E-state index contributed by atoms with van der Waals surface area (Å²) in [5.74, 6) is -0.0207. The molecule has 38 heavy (non-hydrogen) atoms. The van der Waals surface area contributed by atoms with Crippen LogP contribution >= 0.6 is 15.9 Å². The molecule has 0 fully saturated rings. The van der Waals surface area contributed by atoms with Crippen LogP contribution in [0.2, 0.25) is 0 Å². The lowest BCUT2D eigenvalue weighted by Crippen LogP contribution is -2.17. The third kappa shape index (κ3) is 5.39. The second-order valence-electron chi connectivity index (χ2n) is 8.29. The minimum Gasteiger partial charge on any atom is -0.394 e. The van der Waals surface area contributed by atoms with E-state index in [0.29, 0.717) is 28.1 Å². The van der Waals surface area contributed by atoms with Crippen LogP contribution in [0.25, 0.3) is 22.3 Å². The van der Waals surface area contributed by atoms with Gasteiger partial charge in [0.2, 0.25) is 0 Å². The van der Waals surface area contributed by atoms with Crippen molar-refractivity contribution in [2.24, 2.45) is 0 Å². The van der Waals surface area contributed by atoms with Crippen LogP contribution in [-0.2, 0) is 16.6 Å². The number of amides is 1. The molecule has 3 aromatic carbocycles. The Kier molecular flexibility index (Phi) is 6.89. The Balaban J connectivity index is 1.31. The first kappa shape index (κ1) is 25.4. The molecule has 0 bridgehead atoms. The Morgan fingerprint density at radius 3 is 2.39 bits per heavy atom. The molecule has 0 aliphatic carbocycles. The number of aliphatic hydroxyl groups excluding tert-OH is 1. The zero-order chi connectivity index (χ0) is 26.9. The first-order valence-electron chi connectivity index (χ1n) is 11.3. The van der Waals surface area contributed by atoms with Crippen molar-refractivity contribution in [2.75, 3.05) is 16.6 Å². The Morgan fingerprint density at radius 1 is 0.974 bits per heavy atom. The molecule has 0 radical (unpaired) electrons. The average Bonchev–Trinajstić information content (AvgIpc) is 3.46. The van der Waals surface area contributed by atoms with Crippen molar-refractivity contribution >= 4 is 54.4 Å². The molecule has 5 N–H and O–H groups in total. The molecule has 1 amide bonds. The number of halogens is 1. The average molecular weight is 597 g/mol. The van der Waals surface area contributed by atoms with Gasteiger partial charge in [-0.1, -0.05) is 28.1 Å². The van der Waals surface area contributed by atoms with E-state index in [9.17, 15) is 23.1 Å². The Bertz CT molecular complexity index is 1790. The fourth-order valence-corrected chi connectivity index (χ4v) is 5.16. The number of aliphatic hydroxyl groups is 1. The molecule has 2 aromatic heterocycles. The lowest BCUT2D eigenvalue weighted by molar-refractivity contribution is 0.102. The molecular formula is C25H21BrN6O5S. The quantitative estimate of drug-likeness (QED) is 0.184. The number of hydrogen-bond donors (Lipinski definition) is 5. The molecule has 0 unspecified atom stereocenters. The fourth-order valence-electron chi connectivity index (χ4n) is 3.82. The van der Waals surface area contributed by atoms with Crippen LogP contribution in [-0.4, -0.2) is 45.8 Å². The number of aromatic nitrogens is 4. The number of hydrogen-bond acceptors (Lipinski definition) is 6. The number of H-pyrrole nitrogens is 2. The van der Waals surface area contributed by atoms with Crippen LogP contribution in [0.1, 0.15) is 10.4 Å². The van der Waals surface area contributed by atoms with Crippen molar-refractivity contribution in [3.63, 3.8) is 0 Å². The fraction of sp³-hybridized carbons (Fsp3) is 0.0800. The van der Waals surface area contributed by atoms with Crippen molar-refractivity contribution in [3.05, 3.63) is 93.3 Å². The SMILES string of the molecule is O=C(Nc1cc(-c2ccc(Br)cc2)nn1CCO)c1ccc(NS(=O)(=O)c2ccc3[nH]c(=O)[nH]c3c2)cc1. The Labute approximate surface area is 224 Å². The van der Waals surface area contributed by atoms with E-state index < -0.39 is 21.6 Å². The highest BCUT2D eigenvalue weighted by Gasteiger charge is 2.17. The Morgan fingerprint density at radius 2 is 1.68 bits per heavy atom. The molecule has 0 saturated carbocycles. The number of anilines is 2. The molecule has 0 saturated heterocycles. The standard InChI is InChI=1S/C25H21BrN6O5S/c26-17-5-1-15(2-6-17)21-14-23(32(30-21)11-12-33)29-24(34)16-3-7-18(8-4-16)31-38(36,37)19-9-10-20-22(13-19)28-25(35)27-20/h1-10,13-14,31,33H,11-12H2,(H,29,34)(H2,27,28,35). The summed E-state index contributed by atoms with van der Waals surface area (Å²) in [4.78, 5) is 29.4. The number of aromatic amines is 2. The molecule has 0 spiro atoms. The zero-order valence-corrected chi connectivity index (χ0v) is 22.0. The van der Waals surface area contributed by atoms with E-state index in [4.69, 9.17) is 0 Å². The maximum Gasteiger partial charge on any atom is 0.323 e. The van der Waals surface area contributed by atoms with Crippen LogP contribution in [0.5, 0.6) is 0 Å². The topological polar surface area (TPSA) is 162 Å². The van der Waals surface area contributed by atoms with Crippen molar-refractivity contribution in [1.82, 2.24) is 19.7 Å². The van der Waals surface area contributed by atoms with E-state index in [-0.39, 0.29) is 23.7 Å². The van der Waals surface area contributed by atoms with E-state index in [0.717, 1.165) is 10.0 Å². The number of rotatable bonds is 8. The molecule has 2 heterocycles. The predicted molar refractivity (Wildman–Crippen MR) is 147 cm³/mol. The Hall–Kier alpha value is -4.20. The van der Waals surface area contributed by atoms with Gasteiger partial charge < -0.3 is 20.4 Å². The first-order valence-corrected chi connectivity index (χ1v) is 13.6. The van der Waals surface area contributed by atoms with Gasteiger partial charge in [0, 0.05) is 27.4 Å². The molecule has 5 rings (SSSR count). The number of carbonyl (C=O) groups is 1. The molecule has 0 aliphatic rings. The third-order valence-corrected chi connectivity index (χ3v) is 7.58. The number of sulfonamides is 1. The number of fused-ring (bicyclic) bond motifs is 1. The molecule has 11 nitrogen and oxygen atoms in total. The van der Waals surface area contributed by atoms with Gasteiger partial charge in [0.25, 0.3) is 15.9 Å². The van der Waals surface area contributed by atoms with Gasteiger partial charge in [-0.3, -0.25) is 9.52 Å². The second-order valence-corrected chi connectivity index (χ2v) is 10.9. The van der Waals surface area contributed by atoms with Crippen molar-refractivity contribution < 1.29 is 18.3 Å². The summed E-state index contributed by atoms with van der Waals surface area (Å²) in [6, 6.07) is 19.4. The predicted octanol–water partition coefficient (Wildman–Crippen LogP) is 3.53. The largest absolute Gasteiger partial charge is 0.394 e. The van der Waals surface area contributed by atoms with E-state index in [2.05, 4.69) is 41.0 Å². The van der Waals surface area contributed by atoms with Gasteiger partial charge in [0.1, 0.15) is 5.82 Å². The lowest BCUT2D eigenvalue weighted by Gasteiger charge is -2.10. The van der Waals surface area contributed by atoms with Crippen LogP contribution in [0.4, 0.5) is 11.5 Å². The minimum absolute atomic E-state index is 0.0270. The summed E-state index contributed by atoms with van der Waals surface area (Å²) in [6.07, 6.45) is 0. The van der Waals surface area contributed by atoms with E-state index in [1.807, 2.05) is 24.3 Å². The highest BCUT2D eigenvalue weighted by molar-refractivity contribution is 9.10. The maximum atomic E-state index is 12.9. The summed E-state index contributed by atoms with van der Waals surface area (Å²) >= 11 is 3.40. The van der Waals surface area contributed by atoms with Gasteiger partial charge in [0.15, 0.2) is 0 Å². The third-order valence-electron chi connectivity index (χ3n) is 5.67. The summed E-state index contributed by atoms with van der Waals surface area (Å²) in [5, 5.41) is 16.7. The molecule has 0 aliphatic heterocycles. The van der Waals surface area contributed by atoms with Gasteiger partial charge >= 0.3 is 5.69 Å². The van der Waals surface area contributed by atoms with Crippen molar-refractivity contribution in [3.8, 4) is 11.3 Å². The van der Waals surface area contributed by atoms with E-state index in [1.165, 1.54) is 47.1 Å². The van der Waals surface area contributed by atoms with E-state index in [1.54, 1.807) is 6.07 Å². The van der Waals surface area contributed by atoms with Crippen LogP contribution in [0, 0.1) is 0 Å². The zero-order valence-electron chi connectivity index (χ0n) is 19.6. The number of nitrogens with zero attached hydrogens (tertiary/aromatic N) is 2. The normalized spacial score (nSPS) is 11.5. The van der Waals surface area contributed by atoms with Gasteiger partial charge in [-0.15, -0.1) is 0 Å². The van der Waals surface area contributed by atoms with Crippen LogP contribution in [0.15, 0.2) is 87.0 Å². The van der Waals surface area contributed by atoms with Crippen molar-refractivity contribution in [1.29, 1.82) is 0 Å². The first-order chi connectivity index (χ1) is 18.2. The number of carbonyl (C=O) groups excluding carboxylic acids is 1. The lowest BCUT2D eigenvalue weighted by atomic mass is 10.1. The summed E-state index contributed by atoms with van der Waals surface area (Å²) in [5.41, 5.74) is 2.46. The summed E-state index contributed by atoms with van der Waals surface area (Å²) < 4.78 is 30.5. The maximum absolute atomic E-state index is 12.9. The van der Waals surface area contributed by atoms with E-state index >= 15 is 0 Å². The van der Waals surface area contributed by atoms with Gasteiger partial charge in [0.05, 0.1) is 34.8 Å². The molecule has 194 valence electrons. The second kappa shape index (κ2) is 10.3. The van der Waals surface area contributed by atoms with Crippen LogP contribution in [0.3, 0.4) is 0 Å². The smallest absolute Gasteiger partial charge is 0.323 e. The van der Waals surface area contributed by atoms with Gasteiger partial charge in [-0.25, -0.2) is 17.9 Å². The molecule has 13 heteroatoms. The molecular weight excluding hydrogens is 576 g/mol.